The van der Waals surface area contributed by atoms with Crippen molar-refractivity contribution in [3.05, 3.63) is 69.0 Å². The van der Waals surface area contributed by atoms with E-state index in [0.717, 1.165) is 5.56 Å². The van der Waals surface area contributed by atoms with Gasteiger partial charge in [-0.3, -0.25) is 4.90 Å². The first-order valence-electron chi connectivity index (χ1n) is 6.31. The van der Waals surface area contributed by atoms with Crippen molar-refractivity contribution in [2.45, 2.75) is 13.1 Å². The molecule has 0 spiro atoms. The van der Waals surface area contributed by atoms with Gasteiger partial charge in [0.15, 0.2) is 0 Å². The highest BCUT2D eigenvalue weighted by molar-refractivity contribution is 6.42. The van der Waals surface area contributed by atoms with E-state index in [-0.39, 0.29) is 5.82 Å². The lowest BCUT2D eigenvalue weighted by atomic mass is 10.1. The highest BCUT2D eigenvalue weighted by Gasteiger charge is 2.10. The Morgan fingerprint density at radius 3 is 2.57 bits per heavy atom. The fraction of sp³-hybridized carbons (Fsp3) is 0.188. The summed E-state index contributed by atoms with van der Waals surface area (Å²) in [7, 11) is 1.86. The van der Waals surface area contributed by atoms with Gasteiger partial charge in [-0.1, -0.05) is 35.3 Å². The maximum atomic E-state index is 13.8. The molecule has 0 fully saturated rings. The molecule has 0 radical (unpaired) electrons. The third kappa shape index (κ3) is 3.95. The summed E-state index contributed by atoms with van der Waals surface area (Å²) in [6.07, 6.45) is 0. The molecule has 0 saturated heterocycles. The van der Waals surface area contributed by atoms with Crippen LogP contribution in [0.5, 0.6) is 0 Å². The molecule has 2 nitrogen and oxygen atoms in total. The first-order chi connectivity index (χ1) is 10.0. The fourth-order valence-electron chi connectivity index (χ4n) is 2.07. The molecule has 0 aliphatic carbocycles. The third-order valence-corrected chi connectivity index (χ3v) is 3.94. The highest BCUT2D eigenvalue weighted by Crippen LogP contribution is 2.26. The molecule has 0 bridgehead atoms. The molecular weight excluding hydrogens is 310 g/mol. The van der Waals surface area contributed by atoms with Crippen LogP contribution >= 0.6 is 23.2 Å². The number of hydrogen-bond donors (Lipinski definition) is 0. The monoisotopic (exact) mass is 322 g/mol. The molecule has 0 aliphatic heterocycles. The second-order valence-electron chi connectivity index (χ2n) is 4.80. The maximum absolute atomic E-state index is 13.8. The third-order valence-electron chi connectivity index (χ3n) is 3.09. The molecule has 0 heterocycles. The van der Waals surface area contributed by atoms with Crippen LogP contribution in [0.15, 0.2) is 36.4 Å². The van der Waals surface area contributed by atoms with Crippen LogP contribution in [0.4, 0.5) is 4.39 Å². The van der Waals surface area contributed by atoms with E-state index in [4.69, 9.17) is 28.5 Å². The lowest BCUT2D eigenvalue weighted by Crippen LogP contribution is -2.18. The second-order valence-corrected chi connectivity index (χ2v) is 5.59. The van der Waals surface area contributed by atoms with Crippen molar-refractivity contribution in [3.63, 3.8) is 0 Å². The minimum absolute atomic E-state index is 0.321. The van der Waals surface area contributed by atoms with E-state index in [0.29, 0.717) is 34.3 Å². The van der Waals surface area contributed by atoms with Crippen LogP contribution in [0.2, 0.25) is 10.0 Å². The van der Waals surface area contributed by atoms with E-state index < -0.39 is 0 Å². The van der Waals surface area contributed by atoms with Crippen molar-refractivity contribution in [3.8, 4) is 6.07 Å². The van der Waals surface area contributed by atoms with Crippen molar-refractivity contribution in [2.24, 2.45) is 0 Å². The molecule has 2 rings (SSSR count). The molecule has 2 aromatic rings. The van der Waals surface area contributed by atoms with Crippen LogP contribution in [-0.4, -0.2) is 11.9 Å². The smallest absolute Gasteiger partial charge is 0.127 e. The molecule has 0 unspecified atom stereocenters. The number of rotatable bonds is 4. The van der Waals surface area contributed by atoms with Gasteiger partial charge in [0.05, 0.1) is 21.7 Å². The van der Waals surface area contributed by atoms with Gasteiger partial charge in [0.25, 0.3) is 0 Å². The van der Waals surface area contributed by atoms with Crippen LogP contribution in [-0.2, 0) is 13.1 Å². The van der Waals surface area contributed by atoms with Gasteiger partial charge in [0.1, 0.15) is 5.82 Å². The van der Waals surface area contributed by atoms with Gasteiger partial charge >= 0.3 is 0 Å². The van der Waals surface area contributed by atoms with Gasteiger partial charge in [-0.2, -0.15) is 5.26 Å². The molecule has 108 valence electrons. The Balaban J connectivity index is 2.14. The Morgan fingerprint density at radius 1 is 1.14 bits per heavy atom. The summed E-state index contributed by atoms with van der Waals surface area (Å²) in [5, 5.41) is 9.88. The zero-order valence-electron chi connectivity index (χ0n) is 11.4. The predicted octanol–water partition coefficient (Wildman–Crippen LogP) is 4.64. The topological polar surface area (TPSA) is 27.0 Å². The zero-order valence-corrected chi connectivity index (χ0v) is 12.9. The SMILES string of the molecule is CN(Cc1cc(C#N)ccc1F)Cc1cccc(Cl)c1Cl. The average Bonchev–Trinajstić information content (AvgIpc) is 2.46. The Morgan fingerprint density at radius 2 is 1.86 bits per heavy atom. The quantitative estimate of drug-likeness (QED) is 0.820. The molecule has 2 aromatic carbocycles. The predicted molar refractivity (Wildman–Crippen MR) is 82.7 cm³/mol. The summed E-state index contributed by atoms with van der Waals surface area (Å²) >= 11 is 12.1. The molecule has 0 N–H and O–H groups in total. The molecule has 21 heavy (non-hydrogen) atoms. The molecule has 0 amide bonds. The zero-order chi connectivity index (χ0) is 15.4. The van der Waals surface area contributed by atoms with Crippen LogP contribution < -0.4 is 0 Å². The normalized spacial score (nSPS) is 10.7. The van der Waals surface area contributed by atoms with Crippen LogP contribution in [0.25, 0.3) is 0 Å². The molecule has 0 aromatic heterocycles. The standard InChI is InChI=1S/C16H13Cl2FN2/c1-21(9-12-3-2-4-14(17)16(12)18)10-13-7-11(8-20)5-6-15(13)19/h2-7H,9-10H2,1H3. The molecule has 5 heteroatoms. The lowest BCUT2D eigenvalue weighted by molar-refractivity contribution is 0.313. The van der Waals surface area contributed by atoms with Crippen molar-refractivity contribution < 1.29 is 4.39 Å². The Labute approximate surface area is 133 Å². The summed E-state index contributed by atoms with van der Waals surface area (Å²) < 4.78 is 13.8. The number of nitriles is 1. The van der Waals surface area contributed by atoms with Crippen LogP contribution in [0, 0.1) is 17.1 Å². The van der Waals surface area contributed by atoms with E-state index in [2.05, 4.69) is 0 Å². The van der Waals surface area contributed by atoms with Gasteiger partial charge in [-0.15, -0.1) is 0 Å². The van der Waals surface area contributed by atoms with E-state index in [1.54, 1.807) is 12.1 Å². The number of halogens is 3. The van der Waals surface area contributed by atoms with Crippen molar-refractivity contribution in [2.75, 3.05) is 7.05 Å². The van der Waals surface area contributed by atoms with E-state index in [1.807, 2.05) is 30.1 Å². The number of hydrogen-bond acceptors (Lipinski definition) is 2. The average molecular weight is 323 g/mol. The van der Waals surface area contributed by atoms with Crippen LogP contribution in [0.3, 0.4) is 0 Å². The fourth-order valence-corrected chi connectivity index (χ4v) is 2.45. The van der Waals surface area contributed by atoms with Gasteiger partial charge in [-0.25, -0.2) is 4.39 Å². The minimum Gasteiger partial charge on any atom is -0.298 e. The highest BCUT2D eigenvalue weighted by atomic mass is 35.5. The summed E-state index contributed by atoms with van der Waals surface area (Å²) in [4.78, 5) is 1.91. The van der Waals surface area contributed by atoms with Crippen molar-refractivity contribution in [1.82, 2.24) is 4.90 Å². The van der Waals surface area contributed by atoms with E-state index >= 15 is 0 Å². The first kappa shape index (κ1) is 15.8. The Kier molecular flexibility index (Phi) is 5.19. The van der Waals surface area contributed by atoms with Crippen molar-refractivity contribution >= 4 is 23.2 Å². The summed E-state index contributed by atoms with van der Waals surface area (Å²) in [6, 6.07) is 11.8. The largest absolute Gasteiger partial charge is 0.298 e. The molecule has 0 saturated carbocycles. The lowest BCUT2D eigenvalue weighted by Gasteiger charge is -2.18. The van der Waals surface area contributed by atoms with E-state index in [9.17, 15) is 4.39 Å². The van der Waals surface area contributed by atoms with E-state index in [1.165, 1.54) is 12.1 Å². The van der Waals surface area contributed by atoms with Gasteiger partial charge < -0.3 is 0 Å². The van der Waals surface area contributed by atoms with Gasteiger partial charge in [0, 0.05) is 18.7 Å². The first-order valence-corrected chi connectivity index (χ1v) is 7.07. The molecule has 0 atom stereocenters. The number of nitrogens with zero attached hydrogens (tertiary/aromatic N) is 2. The van der Waals surface area contributed by atoms with Gasteiger partial charge in [-0.05, 0) is 36.9 Å². The molecule has 0 aliphatic rings. The summed E-state index contributed by atoms with van der Waals surface area (Å²) in [5.41, 5.74) is 1.80. The molecular formula is C16H13Cl2FN2. The Bertz CT molecular complexity index is 695. The van der Waals surface area contributed by atoms with Crippen LogP contribution in [0.1, 0.15) is 16.7 Å². The summed E-state index contributed by atoms with van der Waals surface area (Å²) in [6.45, 7) is 0.916. The Hall–Kier alpha value is -1.60. The van der Waals surface area contributed by atoms with Crippen molar-refractivity contribution in [1.29, 1.82) is 5.26 Å². The van der Waals surface area contributed by atoms with Gasteiger partial charge in [0.2, 0.25) is 0 Å². The minimum atomic E-state index is -0.321. The maximum Gasteiger partial charge on any atom is 0.127 e. The summed E-state index contributed by atoms with van der Waals surface area (Å²) in [5.74, 6) is -0.321. The number of benzene rings is 2. The second kappa shape index (κ2) is 6.91.